The molecule has 2 fully saturated rings. The molecular weight excluding hydrogens is 532 g/mol. The topological polar surface area (TPSA) is 113 Å². The highest BCUT2D eigenvalue weighted by atomic mass is 16.6. The van der Waals surface area contributed by atoms with Gasteiger partial charge in [-0.25, -0.2) is 4.79 Å². The lowest BCUT2D eigenvalue weighted by atomic mass is 9.60. The van der Waals surface area contributed by atoms with E-state index in [-0.39, 0.29) is 37.3 Å². The van der Waals surface area contributed by atoms with Crippen molar-refractivity contribution < 1.29 is 34.4 Å². The Morgan fingerprint density at radius 2 is 1.62 bits per heavy atom. The van der Waals surface area contributed by atoms with E-state index in [0.29, 0.717) is 23.1 Å². The molecule has 7 nitrogen and oxygen atoms in total. The first-order chi connectivity index (χ1) is 19.9. The van der Waals surface area contributed by atoms with Crippen molar-refractivity contribution in [2.45, 2.75) is 69.9 Å². The second-order valence-electron chi connectivity index (χ2n) is 13.4. The molecule has 0 saturated heterocycles. The van der Waals surface area contributed by atoms with Crippen LogP contribution in [-0.4, -0.2) is 56.8 Å². The SMILES string of the molecule is CC1=C[C@@H]2[C@](O)(CC(CO)=C[C@H]3[C@@H]4C(C)(C)[C@]4(OC(=O)Cc4ccccc4)C[C@@H](C)[C@]23O)[C@H]1OC(=O)c1ccccc1. The van der Waals surface area contributed by atoms with Crippen LogP contribution in [0.1, 0.15) is 56.5 Å². The second-order valence-corrected chi connectivity index (χ2v) is 13.4. The summed E-state index contributed by atoms with van der Waals surface area (Å²) in [6.07, 6.45) is 3.37. The van der Waals surface area contributed by atoms with Crippen LogP contribution in [0.15, 0.2) is 84.0 Å². The van der Waals surface area contributed by atoms with E-state index >= 15 is 0 Å². The molecule has 3 N–H and O–H groups in total. The first-order valence-corrected chi connectivity index (χ1v) is 14.8. The number of hydrogen-bond donors (Lipinski definition) is 3. The maximum absolute atomic E-state index is 13.2. The Hall–Kier alpha value is -3.26. The molecule has 2 saturated carbocycles. The lowest BCUT2D eigenvalue weighted by Gasteiger charge is -2.51. The number of benzene rings is 2. The Bertz CT molecular complexity index is 1450. The number of esters is 2. The summed E-state index contributed by atoms with van der Waals surface area (Å²) in [6.45, 7) is 7.56. The van der Waals surface area contributed by atoms with Gasteiger partial charge in [-0.05, 0) is 48.1 Å². The summed E-state index contributed by atoms with van der Waals surface area (Å²) in [7, 11) is 0. The van der Waals surface area contributed by atoms with Gasteiger partial charge in [0.05, 0.1) is 24.2 Å². The van der Waals surface area contributed by atoms with Gasteiger partial charge in [-0.1, -0.05) is 81.5 Å². The van der Waals surface area contributed by atoms with Crippen LogP contribution >= 0.6 is 0 Å². The zero-order valence-corrected chi connectivity index (χ0v) is 24.6. The molecule has 0 spiro atoms. The van der Waals surface area contributed by atoms with Gasteiger partial charge in [-0.3, -0.25) is 4.79 Å². The predicted molar refractivity (Wildman–Crippen MR) is 156 cm³/mol. The lowest BCUT2D eigenvalue weighted by Crippen LogP contribution is -2.62. The molecule has 0 heterocycles. The molecular formula is C35H40O7. The van der Waals surface area contributed by atoms with E-state index < -0.39 is 46.1 Å². The summed E-state index contributed by atoms with van der Waals surface area (Å²) in [5.74, 6) is -2.76. The van der Waals surface area contributed by atoms with E-state index in [4.69, 9.17) is 9.47 Å². The summed E-state index contributed by atoms with van der Waals surface area (Å²) in [5.41, 5.74) is -1.87. The van der Waals surface area contributed by atoms with Crippen molar-refractivity contribution in [1.29, 1.82) is 0 Å². The standard InChI is InChI=1S/C35H40O7/c1-21-15-27-33(39,30(21)41-31(38)25-13-9-6-10-14-25)19-24(20-36)16-26-29-32(3,4)34(29,18-22(2)35(26,27)40)42-28(37)17-23-11-7-5-8-12-23/h5-16,22,26-27,29-30,36,39-40H,17-20H2,1-4H3/t22-,26+,27-,29-,30+,33-,34+,35-/m1/s1. The van der Waals surface area contributed by atoms with Gasteiger partial charge < -0.3 is 24.8 Å². The molecule has 6 rings (SSSR count). The molecule has 7 heteroatoms. The minimum atomic E-state index is -1.66. The normalized spacial score (nSPS) is 37.6. The lowest BCUT2D eigenvalue weighted by molar-refractivity contribution is -0.196. The van der Waals surface area contributed by atoms with Gasteiger partial charge in [-0.15, -0.1) is 0 Å². The van der Waals surface area contributed by atoms with Crippen LogP contribution < -0.4 is 0 Å². The van der Waals surface area contributed by atoms with Gasteiger partial charge in [0.25, 0.3) is 0 Å². The molecule has 0 unspecified atom stereocenters. The summed E-state index contributed by atoms with van der Waals surface area (Å²) in [4.78, 5) is 26.3. The zero-order chi connectivity index (χ0) is 30.1. The molecule has 222 valence electrons. The molecule has 8 atom stereocenters. The van der Waals surface area contributed by atoms with Crippen LogP contribution in [0.4, 0.5) is 0 Å². The number of ether oxygens (including phenoxy) is 2. The molecule has 2 aromatic carbocycles. The fraction of sp³-hybridized carbons (Fsp3) is 0.486. The molecule has 42 heavy (non-hydrogen) atoms. The molecule has 0 bridgehead atoms. The smallest absolute Gasteiger partial charge is 0.338 e. The second kappa shape index (κ2) is 9.90. The van der Waals surface area contributed by atoms with Crippen molar-refractivity contribution in [2.75, 3.05) is 6.61 Å². The van der Waals surface area contributed by atoms with Crippen molar-refractivity contribution in [2.24, 2.45) is 29.1 Å². The van der Waals surface area contributed by atoms with Crippen molar-refractivity contribution >= 4 is 11.9 Å². The van der Waals surface area contributed by atoms with Crippen LogP contribution in [0.5, 0.6) is 0 Å². The molecule has 0 aromatic heterocycles. The Morgan fingerprint density at radius 3 is 2.26 bits per heavy atom. The van der Waals surface area contributed by atoms with Crippen LogP contribution in [0.3, 0.4) is 0 Å². The van der Waals surface area contributed by atoms with Crippen molar-refractivity contribution in [1.82, 2.24) is 0 Å². The summed E-state index contributed by atoms with van der Waals surface area (Å²) >= 11 is 0. The summed E-state index contributed by atoms with van der Waals surface area (Å²) in [6, 6.07) is 18.1. The van der Waals surface area contributed by atoms with Gasteiger partial charge in [0.2, 0.25) is 0 Å². The monoisotopic (exact) mass is 572 g/mol. The van der Waals surface area contributed by atoms with Crippen molar-refractivity contribution in [3.05, 3.63) is 95.1 Å². The average Bonchev–Trinajstić information content (AvgIpc) is 3.35. The molecule has 0 aliphatic heterocycles. The van der Waals surface area contributed by atoms with Crippen LogP contribution in [0.25, 0.3) is 0 Å². The van der Waals surface area contributed by atoms with Gasteiger partial charge in [0.1, 0.15) is 11.2 Å². The molecule has 0 amide bonds. The number of aliphatic hydroxyl groups is 3. The molecule has 0 radical (unpaired) electrons. The van der Waals surface area contributed by atoms with Crippen molar-refractivity contribution in [3.8, 4) is 0 Å². The molecule has 2 aromatic rings. The van der Waals surface area contributed by atoms with Crippen LogP contribution in [0, 0.1) is 29.1 Å². The molecule has 4 aliphatic rings. The number of carbonyl (C=O) groups is 2. The first-order valence-electron chi connectivity index (χ1n) is 14.8. The maximum atomic E-state index is 13.2. The Morgan fingerprint density at radius 1 is 0.976 bits per heavy atom. The van der Waals surface area contributed by atoms with Crippen LogP contribution in [-0.2, 0) is 20.7 Å². The maximum Gasteiger partial charge on any atom is 0.338 e. The Labute approximate surface area is 246 Å². The predicted octanol–water partition coefficient (Wildman–Crippen LogP) is 4.41. The number of aliphatic hydroxyl groups excluding tert-OH is 1. The number of hydrogen-bond acceptors (Lipinski definition) is 7. The molecule has 4 aliphatic carbocycles. The summed E-state index contributed by atoms with van der Waals surface area (Å²) in [5, 5.41) is 35.6. The van der Waals surface area contributed by atoms with Gasteiger partial charge in [0, 0.05) is 29.6 Å². The van der Waals surface area contributed by atoms with E-state index in [0.717, 1.165) is 5.56 Å². The number of fused-ring (bicyclic) bond motifs is 5. The van der Waals surface area contributed by atoms with E-state index in [1.54, 1.807) is 31.2 Å². The van der Waals surface area contributed by atoms with E-state index in [1.165, 1.54) is 0 Å². The third kappa shape index (κ3) is 4.12. The Balaban J connectivity index is 1.34. The highest BCUT2D eigenvalue weighted by molar-refractivity contribution is 5.89. The van der Waals surface area contributed by atoms with E-state index in [9.17, 15) is 24.9 Å². The van der Waals surface area contributed by atoms with E-state index in [1.807, 2.05) is 55.5 Å². The zero-order valence-electron chi connectivity index (χ0n) is 24.6. The minimum Gasteiger partial charge on any atom is -0.458 e. The number of rotatable bonds is 6. The fourth-order valence-corrected chi connectivity index (χ4v) is 8.70. The van der Waals surface area contributed by atoms with Crippen LogP contribution in [0.2, 0.25) is 0 Å². The van der Waals surface area contributed by atoms with Crippen molar-refractivity contribution in [3.63, 3.8) is 0 Å². The third-order valence-electron chi connectivity index (χ3n) is 10.8. The fourth-order valence-electron chi connectivity index (χ4n) is 8.70. The quantitative estimate of drug-likeness (QED) is 0.347. The number of carbonyl (C=O) groups excluding carboxylic acids is 2. The Kier molecular flexibility index (Phi) is 6.80. The minimum absolute atomic E-state index is 0.0359. The highest BCUT2D eigenvalue weighted by Gasteiger charge is 2.83. The summed E-state index contributed by atoms with van der Waals surface area (Å²) < 4.78 is 12.3. The van der Waals surface area contributed by atoms with E-state index in [2.05, 4.69) is 13.8 Å². The van der Waals surface area contributed by atoms with Gasteiger partial charge in [0.15, 0.2) is 6.10 Å². The van der Waals surface area contributed by atoms with Gasteiger partial charge >= 0.3 is 11.9 Å². The largest absolute Gasteiger partial charge is 0.458 e. The third-order valence-corrected chi connectivity index (χ3v) is 10.8. The first kappa shape index (κ1) is 28.8. The highest BCUT2D eigenvalue weighted by Crippen LogP contribution is 2.76. The van der Waals surface area contributed by atoms with Gasteiger partial charge in [-0.2, -0.15) is 0 Å². The average molecular weight is 573 g/mol.